The molecular formula is C23H29N5O3. The predicted molar refractivity (Wildman–Crippen MR) is 118 cm³/mol. The Hall–Kier alpha value is -3.16. The van der Waals surface area contributed by atoms with Crippen LogP contribution < -0.4 is 15.4 Å². The van der Waals surface area contributed by atoms with Crippen molar-refractivity contribution in [3.63, 3.8) is 0 Å². The van der Waals surface area contributed by atoms with Gasteiger partial charge in [-0.1, -0.05) is 0 Å². The van der Waals surface area contributed by atoms with E-state index in [2.05, 4.69) is 14.9 Å². The Kier molecular flexibility index (Phi) is 6.06. The first-order chi connectivity index (χ1) is 15.0. The number of aryl methyl sites for hydroxylation is 1. The van der Waals surface area contributed by atoms with Crippen LogP contribution in [0.15, 0.2) is 24.4 Å². The van der Waals surface area contributed by atoms with Crippen molar-refractivity contribution < 1.29 is 14.3 Å². The molecule has 2 amide bonds. The topological polar surface area (TPSA) is 102 Å². The standard InChI is InChI=1S/C23H29N5O3/c1-15-19(21(24)29)13-25-22(26-15)16-8-11-28(14-16)23(30)18-12-17(6-7-20(18)31-2)27-9-4-3-5-10-27/h6-7,12-13,16H,3-5,8-11,14H2,1-2H3,(H2,24,29)/t16-/m1/s1. The normalized spacial score (nSPS) is 18.8. The summed E-state index contributed by atoms with van der Waals surface area (Å²) in [6.45, 7) is 4.94. The lowest BCUT2D eigenvalue weighted by atomic mass is 10.1. The van der Waals surface area contributed by atoms with E-state index in [0.29, 0.717) is 41.5 Å². The molecule has 1 atom stereocenters. The minimum absolute atomic E-state index is 0.0286. The number of primary amides is 1. The highest BCUT2D eigenvalue weighted by molar-refractivity contribution is 5.98. The zero-order chi connectivity index (χ0) is 22.0. The number of nitrogens with zero attached hydrogens (tertiary/aromatic N) is 4. The van der Waals surface area contributed by atoms with E-state index in [0.717, 1.165) is 25.2 Å². The van der Waals surface area contributed by atoms with Gasteiger partial charge in [0.15, 0.2) is 0 Å². The van der Waals surface area contributed by atoms with Crippen molar-refractivity contribution in [2.75, 3.05) is 38.2 Å². The third-order valence-electron chi connectivity index (χ3n) is 6.24. The minimum atomic E-state index is -0.534. The van der Waals surface area contributed by atoms with E-state index in [1.807, 2.05) is 23.1 Å². The first kappa shape index (κ1) is 21.1. The van der Waals surface area contributed by atoms with E-state index >= 15 is 0 Å². The molecule has 2 aliphatic rings. The number of nitrogens with two attached hydrogens (primary N) is 1. The number of anilines is 1. The van der Waals surface area contributed by atoms with Gasteiger partial charge in [0.2, 0.25) is 0 Å². The number of carbonyl (C=O) groups excluding carboxylic acids is 2. The van der Waals surface area contributed by atoms with Crippen LogP contribution in [-0.4, -0.2) is 60.0 Å². The first-order valence-corrected chi connectivity index (χ1v) is 10.8. The van der Waals surface area contributed by atoms with Crippen LogP contribution in [-0.2, 0) is 0 Å². The summed E-state index contributed by atoms with van der Waals surface area (Å²) >= 11 is 0. The summed E-state index contributed by atoms with van der Waals surface area (Å²) < 4.78 is 5.50. The number of methoxy groups -OCH3 is 1. The number of benzene rings is 1. The third kappa shape index (κ3) is 4.33. The van der Waals surface area contributed by atoms with E-state index in [1.54, 1.807) is 14.0 Å². The molecule has 2 aromatic rings. The molecule has 2 fully saturated rings. The van der Waals surface area contributed by atoms with Crippen LogP contribution in [0.1, 0.15) is 63.8 Å². The minimum Gasteiger partial charge on any atom is -0.496 e. The molecule has 0 spiro atoms. The number of piperidine rings is 1. The Balaban J connectivity index is 1.52. The van der Waals surface area contributed by atoms with Gasteiger partial charge in [0, 0.05) is 44.0 Å². The lowest BCUT2D eigenvalue weighted by molar-refractivity contribution is 0.0787. The van der Waals surface area contributed by atoms with Gasteiger partial charge < -0.3 is 20.3 Å². The average molecular weight is 424 g/mol. The Morgan fingerprint density at radius 1 is 1.13 bits per heavy atom. The Labute approximate surface area is 182 Å². The summed E-state index contributed by atoms with van der Waals surface area (Å²) in [5, 5.41) is 0. The molecule has 8 heteroatoms. The highest BCUT2D eigenvalue weighted by Gasteiger charge is 2.31. The maximum absolute atomic E-state index is 13.4. The van der Waals surface area contributed by atoms with E-state index in [1.165, 1.54) is 25.5 Å². The molecular weight excluding hydrogens is 394 g/mol. The lowest BCUT2D eigenvalue weighted by Gasteiger charge is -2.29. The molecule has 0 radical (unpaired) electrons. The summed E-state index contributed by atoms with van der Waals surface area (Å²) in [6.07, 6.45) is 5.87. The van der Waals surface area contributed by atoms with E-state index in [-0.39, 0.29) is 11.8 Å². The molecule has 0 saturated carbocycles. The highest BCUT2D eigenvalue weighted by Crippen LogP contribution is 2.31. The van der Waals surface area contributed by atoms with Crippen LogP contribution in [0.3, 0.4) is 0 Å². The molecule has 1 aromatic carbocycles. The van der Waals surface area contributed by atoms with Gasteiger partial charge in [-0.25, -0.2) is 9.97 Å². The fourth-order valence-corrected chi connectivity index (χ4v) is 4.46. The third-order valence-corrected chi connectivity index (χ3v) is 6.24. The van der Waals surface area contributed by atoms with Gasteiger partial charge in [-0.2, -0.15) is 0 Å². The van der Waals surface area contributed by atoms with Crippen LogP contribution in [0, 0.1) is 6.92 Å². The quantitative estimate of drug-likeness (QED) is 0.793. The van der Waals surface area contributed by atoms with Crippen molar-refractivity contribution in [3.8, 4) is 5.75 Å². The molecule has 0 aliphatic carbocycles. The smallest absolute Gasteiger partial charge is 0.257 e. The second-order valence-electron chi connectivity index (χ2n) is 8.26. The number of aromatic nitrogens is 2. The molecule has 0 unspecified atom stereocenters. The molecule has 0 bridgehead atoms. The number of ether oxygens (including phenoxy) is 1. The van der Waals surface area contributed by atoms with Gasteiger partial charge in [-0.15, -0.1) is 0 Å². The summed E-state index contributed by atoms with van der Waals surface area (Å²) in [4.78, 5) is 37.8. The monoisotopic (exact) mass is 423 g/mol. The predicted octanol–water partition coefficient (Wildman–Crippen LogP) is 2.51. The second-order valence-corrected chi connectivity index (χ2v) is 8.26. The van der Waals surface area contributed by atoms with E-state index < -0.39 is 5.91 Å². The van der Waals surface area contributed by atoms with Crippen LogP contribution >= 0.6 is 0 Å². The van der Waals surface area contributed by atoms with Crippen LogP contribution in [0.5, 0.6) is 5.75 Å². The largest absolute Gasteiger partial charge is 0.496 e. The Morgan fingerprint density at radius 2 is 1.90 bits per heavy atom. The molecule has 1 aromatic heterocycles. The van der Waals surface area contributed by atoms with E-state index in [9.17, 15) is 9.59 Å². The number of rotatable bonds is 5. The van der Waals surface area contributed by atoms with Crippen LogP contribution in [0.4, 0.5) is 5.69 Å². The summed E-state index contributed by atoms with van der Waals surface area (Å²) in [6, 6.07) is 5.88. The molecule has 2 saturated heterocycles. The van der Waals surface area contributed by atoms with Crippen molar-refractivity contribution in [1.29, 1.82) is 0 Å². The molecule has 2 N–H and O–H groups in total. The Morgan fingerprint density at radius 3 is 2.58 bits per heavy atom. The fraction of sp³-hybridized carbons (Fsp3) is 0.478. The van der Waals surface area contributed by atoms with Crippen LogP contribution in [0.2, 0.25) is 0 Å². The second kappa shape index (κ2) is 8.91. The number of likely N-dealkylation sites (tertiary alicyclic amines) is 1. The Bertz CT molecular complexity index is 987. The fourth-order valence-electron chi connectivity index (χ4n) is 4.46. The van der Waals surface area contributed by atoms with Gasteiger partial charge in [-0.3, -0.25) is 9.59 Å². The van der Waals surface area contributed by atoms with Crippen molar-refractivity contribution in [2.45, 2.75) is 38.5 Å². The molecule has 3 heterocycles. The van der Waals surface area contributed by atoms with Gasteiger partial charge in [-0.05, 0) is 50.8 Å². The highest BCUT2D eigenvalue weighted by atomic mass is 16.5. The number of amides is 2. The maximum Gasteiger partial charge on any atom is 0.257 e. The van der Waals surface area contributed by atoms with Gasteiger partial charge in [0.25, 0.3) is 11.8 Å². The van der Waals surface area contributed by atoms with Crippen LogP contribution in [0.25, 0.3) is 0 Å². The van der Waals surface area contributed by atoms with Gasteiger partial charge in [0.05, 0.1) is 23.9 Å². The zero-order valence-electron chi connectivity index (χ0n) is 18.1. The summed E-state index contributed by atoms with van der Waals surface area (Å²) in [5.41, 5.74) is 7.91. The van der Waals surface area contributed by atoms with Gasteiger partial charge in [0.1, 0.15) is 11.6 Å². The van der Waals surface area contributed by atoms with Crippen molar-refractivity contribution in [2.24, 2.45) is 5.73 Å². The molecule has 164 valence electrons. The van der Waals surface area contributed by atoms with Crippen molar-refractivity contribution in [1.82, 2.24) is 14.9 Å². The summed E-state index contributed by atoms with van der Waals surface area (Å²) in [7, 11) is 1.59. The number of hydrogen-bond acceptors (Lipinski definition) is 6. The number of hydrogen-bond donors (Lipinski definition) is 1. The average Bonchev–Trinajstić information content (AvgIpc) is 3.29. The lowest BCUT2D eigenvalue weighted by Crippen LogP contribution is -2.31. The zero-order valence-corrected chi connectivity index (χ0v) is 18.1. The molecule has 31 heavy (non-hydrogen) atoms. The van der Waals surface area contributed by atoms with Crippen molar-refractivity contribution >= 4 is 17.5 Å². The SMILES string of the molecule is COc1ccc(N2CCCCC2)cc1C(=O)N1CC[C@@H](c2ncc(C(N)=O)c(C)n2)C1. The van der Waals surface area contributed by atoms with Crippen molar-refractivity contribution in [3.05, 3.63) is 47.0 Å². The van der Waals surface area contributed by atoms with Gasteiger partial charge >= 0.3 is 0 Å². The molecule has 2 aliphatic heterocycles. The first-order valence-electron chi connectivity index (χ1n) is 10.8. The molecule has 8 nitrogen and oxygen atoms in total. The number of carbonyl (C=O) groups is 2. The molecule has 4 rings (SSSR count). The maximum atomic E-state index is 13.4. The van der Waals surface area contributed by atoms with E-state index in [4.69, 9.17) is 10.5 Å². The summed E-state index contributed by atoms with van der Waals surface area (Å²) in [5.74, 6) is 0.691.